The highest BCUT2D eigenvalue weighted by atomic mass is 32.1. The van der Waals surface area contributed by atoms with Gasteiger partial charge in [-0.2, -0.15) is 0 Å². The molecule has 0 unspecified atom stereocenters. The number of ether oxygens (including phenoxy) is 1. The van der Waals surface area contributed by atoms with E-state index in [-0.39, 0.29) is 11.7 Å². The van der Waals surface area contributed by atoms with Crippen LogP contribution in [0.5, 0.6) is 11.5 Å². The number of carbonyl (C=O) groups excluding carboxylic acids is 1. The number of fused-ring (bicyclic) bond motifs is 1. The monoisotopic (exact) mass is 387 g/mol. The predicted molar refractivity (Wildman–Crippen MR) is 106 cm³/mol. The molecule has 27 heavy (non-hydrogen) atoms. The van der Waals surface area contributed by atoms with Crippen molar-refractivity contribution in [2.24, 2.45) is 0 Å². The molecule has 1 saturated heterocycles. The van der Waals surface area contributed by atoms with Crippen molar-refractivity contribution in [3.8, 4) is 21.9 Å². The fourth-order valence-electron chi connectivity index (χ4n) is 3.60. The van der Waals surface area contributed by atoms with Crippen LogP contribution >= 0.6 is 11.3 Å². The number of thiophene rings is 1. The third-order valence-corrected chi connectivity index (χ3v) is 6.11. The minimum atomic E-state index is 0.116. The number of hydrogen-bond donors (Lipinski definition) is 2. The summed E-state index contributed by atoms with van der Waals surface area (Å²) in [5.74, 6) is 0.764. The van der Waals surface area contributed by atoms with Gasteiger partial charge in [0.05, 0.1) is 13.1 Å². The first kappa shape index (κ1) is 18.3. The zero-order valence-corrected chi connectivity index (χ0v) is 16.3. The van der Waals surface area contributed by atoms with Crippen molar-refractivity contribution in [2.45, 2.75) is 13.5 Å². The van der Waals surface area contributed by atoms with E-state index in [2.05, 4.69) is 29.3 Å². The lowest BCUT2D eigenvalue weighted by atomic mass is 10.1. The number of aromatic hydroxyl groups is 1. The Hall–Kier alpha value is -2.09. The summed E-state index contributed by atoms with van der Waals surface area (Å²) in [6, 6.07) is 7.92. The number of aryl methyl sites for hydroxylation is 1. The Morgan fingerprint density at radius 2 is 2.07 bits per heavy atom. The molecule has 1 aromatic heterocycles. The number of nitrogens with zero attached hydrogens (tertiary/aromatic N) is 2. The third kappa shape index (κ3) is 4.10. The standard InChI is InChI=1S/C20H25N3O3S/c1-14-2-3-18(27-14)15-10-16-12-23(8-9-26-20(16)17(24)11-15)19(25)13-22-6-4-21-5-7-22/h2-3,10-11,21,24H,4-9,12-13H2,1H3. The molecule has 0 saturated carbocycles. The number of nitrogens with one attached hydrogen (secondary N) is 1. The molecule has 2 aromatic rings. The molecular weight excluding hydrogens is 362 g/mol. The second-order valence-corrected chi connectivity index (χ2v) is 8.37. The van der Waals surface area contributed by atoms with Gasteiger partial charge in [-0.15, -0.1) is 11.3 Å². The van der Waals surface area contributed by atoms with Gasteiger partial charge in [-0.05, 0) is 36.8 Å². The van der Waals surface area contributed by atoms with Gasteiger partial charge in [-0.1, -0.05) is 0 Å². The Kier molecular flexibility index (Phi) is 5.33. The summed E-state index contributed by atoms with van der Waals surface area (Å²) < 4.78 is 5.78. The summed E-state index contributed by atoms with van der Waals surface area (Å²) in [4.78, 5) is 19.2. The number of piperazine rings is 1. The minimum Gasteiger partial charge on any atom is -0.504 e. The van der Waals surface area contributed by atoms with E-state index in [1.807, 2.05) is 11.0 Å². The van der Waals surface area contributed by atoms with Crippen LogP contribution in [-0.2, 0) is 11.3 Å². The Morgan fingerprint density at radius 1 is 1.26 bits per heavy atom. The topological polar surface area (TPSA) is 65.0 Å². The van der Waals surface area contributed by atoms with Crippen molar-refractivity contribution in [1.82, 2.24) is 15.1 Å². The van der Waals surface area contributed by atoms with Crippen LogP contribution in [0.2, 0.25) is 0 Å². The van der Waals surface area contributed by atoms with Crippen molar-refractivity contribution >= 4 is 17.2 Å². The Bertz CT molecular complexity index is 830. The molecule has 0 atom stereocenters. The maximum absolute atomic E-state index is 12.8. The van der Waals surface area contributed by atoms with Gasteiger partial charge < -0.3 is 20.1 Å². The van der Waals surface area contributed by atoms with Gasteiger partial charge in [-0.3, -0.25) is 9.69 Å². The van der Waals surface area contributed by atoms with E-state index < -0.39 is 0 Å². The molecule has 2 N–H and O–H groups in total. The van der Waals surface area contributed by atoms with Crippen molar-refractivity contribution in [2.75, 3.05) is 45.9 Å². The van der Waals surface area contributed by atoms with Gasteiger partial charge >= 0.3 is 0 Å². The SMILES string of the molecule is Cc1ccc(-c2cc(O)c3c(c2)CN(C(=O)CN2CCNCC2)CCO3)s1. The fraction of sp³-hybridized carbons (Fsp3) is 0.450. The van der Waals surface area contributed by atoms with Gasteiger partial charge in [0.1, 0.15) is 6.61 Å². The van der Waals surface area contributed by atoms with Crippen LogP contribution in [0.3, 0.4) is 0 Å². The number of amides is 1. The first-order chi connectivity index (χ1) is 13.1. The molecule has 2 aliphatic heterocycles. The van der Waals surface area contributed by atoms with Crippen LogP contribution in [0.1, 0.15) is 10.4 Å². The lowest BCUT2D eigenvalue weighted by Gasteiger charge is -2.29. The molecule has 4 rings (SSSR count). The Labute approximate surface area is 163 Å². The molecule has 0 aliphatic carbocycles. The molecule has 2 aliphatic rings. The average Bonchev–Trinajstić information content (AvgIpc) is 2.97. The summed E-state index contributed by atoms with van der Waals surface area (Å²) >= 11 is 1.69. The summed E-state index contributed by atoms with van der Waals surface area (Å²) in [7, 11) is 0. The van der Waals surface area contributed by atoms with Crippen LogP contribution < -0.4 is 10.1 Å². The van der Waals surface area contributed by atoms with Gasteiger partial charge in [0.15, 0.2) is 11.5 Å². The van der Waals surface area contributed by atoms with E-state index in [4.69, 9.17) is 4.74 Å². The van der Waals surface area contributed by atoms with E-state index in [0.29, 0.717) is 32.0 Å². The summed E-state index contributed by atoms with van der Waals surface area (Å²) in [6.07, 6.45) is 0. The van der Waals surface area contributed by atoms with Crippen LogP contribution in [-0.4, -0.2) is 66.7 Å². The lowest BCUT2D eigenvalue weighted by Crippen LogP contribution is -2.48. The van der Waals surface area contributed by atoms with Crippen molar-refractivity contribution in [3.05, 3.63) is 34.7 Å². The molecule has 7 heteroatoms. The van der Waals surface area contributed by atoms with Crippen LogP contribution in [0.25, 0.3) is 10.4 Å². The van der Waals surface area contributed by atoms with E-state index in [1.54, 1.807) is 17.4 Å². The second kappa shape index (κ2) is 7.88. The predicted octanol–water partition coefficient (Wildman–Crippen LogP) is 2.06. The number of phenols is 1. The molecule has 1 aromatic carbocycles. The molecule has 0 radical (unpaired) electrons. The molecule has 1 fully saturated rings. The highest BCUT2D eigenvalue weighted by Gasteiger charge is 2.24. The van der Waals surface area contributed by atoms with Gasteiger partial charge in [0.25, 0.3) is 0 Å². The Morgan fingerprint density at radius 3 is 2.81 bits per heavy atom. The van der Waals surface area contributed by atoms with Crippen LogP contribution in [0.15, 0.2) is 24.3 Å². The quantitative estimate of drug-likeness (QED) is 0.844. The molecular formula is C20H25N3O3S. The molecule has 3 heterocycles. The third-order valence-electron chi connectivity index (χ3n) is 5.06. The molecule has 144 valence electrons. The van der Waals surface area contributed by atoms with Gasteiger partial charge in [0.2, 0.25) is 5.91 Å². The molecule has 0 spiro atoms. The number of carbonyl (C=O) groups is 1. The lowest BCUT2D eigenvalue weighted by molar-refractivity contribution is -0.133. The Balaban J connectivity index is 1.55. The summed E-state index contributed by atoms with van der Waals surface area (Å²) in [5, 5.41) is 13.8. The second-order valence-electron chi connectivity index (χ2n) is 7.08. The molecule has 1 amide bonds. The first-order valence-corrected chi connectivity index (χ1v) is 10.2. The molecule has 0 bridgehead atoms. The smallest absolute Gasteiger partial charge is 0.237 e. The van der Waals surface area contributed by atoms with Crippen LogP contribution in [0, 0.1) is 6.92 Å². The highest BCUT2D eigenvalue weighted by Crippen LogP contribution is 2.39. The zero-order chi connectivity index (χ0) is 18.8. The van der Waals surface area contributed by atoms with E-state index >= 15 is 0 Å². The fourth-order valence-corrected chi connectivity index (χ4v) is 4.46. The zero-order valence-electron chi connectivity index (χ0n) is 15.5. The minimum absolute atomic E-state index is 0.116. The maximum Gasteiger partial charge on any atom is 0.237 e. The van der Waals surface area contributed by atoms with Crippen molar-refractivity contribution in [1.29, 1.82) is 0 Å². The normalized spacial score (nSPS) is 17.9. The molecule has 6 nitrogen and oxygen atoms in total. The van der Waals surface area contributed by atoms with Crippen molar-refractivity contribution < 1.29 is 14.6 Å². The highest BCUT2D eigenvalue weighted by molar-refractivity contribution is 7.15. The largest absolute Gasteiger partial charge is 0.504 e. The average molecular weight is 388 g/mol. The first-order valence-electron chi connectivity index (χ1n) is 9.36. The number of hydrogen-bond acceptors (Lipinski definition) is 6. The maximum atomic E-state index is 12.8. The summed E-state index contributed by atoms with van der Waals surface area (Å²) in [5.41, 5.74) is 1.83. The van der Waals surface area contributed by atoms with Gasteiger partial charge in [-0.25, -0.2) is 0 Å². The van der Waals surface area contributed by atoms with E-state index in [0.717, 1.165) is 42.2 Å². The number of benzene rings is 1. The van der Waals surface area contributed by atoms with E-state index in [1.165, 1.54) is 4.88 Å². The van der Waals surface area contributed by atoms with Crippen molar-refractivity contribution in [3.63, 3.8) is 0 Å². The summed E-state index contributed by atoms with van der Waals surface area (Å²) in [6.45, 7) is 7.55. The van der Waals surface area contributed by atoms with Crippen LogP contribution in [0.4, 0.5) is 0 Å². The van der Waals surface area contributed by atoms with Gasteiger partial charge in [0, 0.05) is 48.0 Å². The number of rotatable bonds is 3. The number of phenolic OH excluding ortho intramolecular Hbond substituents is 1. The van der Waals surface area contributed by atoms with E-state index in [9.17, 15) is 9.90 Å².